The molecule has 5 nitrogen and oxygen atoms in total. The van der Waals surface area contributed by atoms with Crippen LogP contribution in [0.3, 0.4) is 0 Å². The normalized spacial score (nSPS) is 15.8. The average molecular weight is 521 g/mol. The van der Waals surface area contributed by atoms with Gasteiger partial charge in [0, 0.05) is 23.6 Å². The molecule has 1 aromatic heterocycles. The van der Waals surface area contributed by atoms with Crippen molar-refractivity contribution in [3.05, 3.63) is 93.4 Å². The van der Waals surface area contributed by atoms with Crippen LogP contribution in [-0.4, -0.2) is 34.8 Å². The molecule has 2 amide bonds. The SMILES string of the molecule is O=C(NCCSCc1ccc(Cl)c(Cl)c1)c1ccc([C@@H]2SCC(=O)N2Cc2ccco2)cc1. The Bertz CT molecular complexity index is 1110. The fourth-order valence-corrected chi connectivity index (χ4v) is 5.74. The lowest BCUT2D eigenvalue weighted by atomic mass is 10.1. The summed E-state index contributed by atoms with van der Waals surface area (Å²) in [6, 6.07) is 16.7. The van der Waals surface area contributed by atoms with E-state index in [1.54, 1.807) is 35.9 Å². The van der Waals surface area contributed by atoms with Crippen molar-refractivity contribution >= 4 is 58.5 Å². The van der Waals surface area contributed by atoms with Crippen LogP contribution in [0.25, 0.3) is 0 Å². The zero-order valence-corrected chi connectivity index (χ0v) is 20.8. The van der Waals surface area contributed by atoms with Gasteiger partial charge in [-0.2, -0.15) is 11.8 Å². The minimum absolute atomic E-state index is 0.0848. The van der Waals surface area contributed by atoms with Gasteiger partial charge in [-0.1, -0.05) is 41.4 Å². The molecule has 0 bridgehead atoms. The van der Waals surface area contributed by atoms with Gasteiger partial charge in [0.25, 0.3) is 5.91 Å². The predicted molar refractivity (Wildman–Crippen MR) is 136 cm³/mol. The summed E-state index contributed by atoms with van der Waals surface area (Å²) in [5.41, 5.74) is 2.69. The summed E-state index contributed by atoms with van der Waals surface area (Å²) < 4.78 is 5.40. The smallest absolute Gasteiger partial charge is 0.251 e. The zero-order valence-electron chi connectivity index (χ0n) is 17.6. The van der Waals surface area contributed by atoms with Crippen molar-refractivity contribution in [2.24, 2.45) is 0 Å². The number of nitrogens with zero attached hydrogens (tertiary/aromatic N) is 1. The second kappa shape index (κ2) is 11.4. The van der Waals surface area contributed by atoms with Crippen LogP contribution in [0.2, 0.25) is 10.0 Å². The van der Waals surface area contributed by atoms with E-state index in [0.29, 0.717) is 34.5 Å². The molecule has 0 aliphatic carbocycles. The summed E-state index contributed by atoms with van der Waals surface area (Å²) in [4.78, 5) is 26.6. The van der Waals surface area contributed by atoms with Gasteiger partial charge in [0.1, 0.15) is 11.1 Å². The van der Waals surface area contributed by atoms with Crippen molar-refractivity contribution in [2.45, 2.75) is 17.7 Å². The van der Waals surface area contributed by atoms with Gasteiger partial charge in [-0.3, -0.25) is 9.59 Å². The van der Waals surface area contributed by atoms with Crippen LogP contribution in [0.1, 0.15) is 32.6 Å². The minimum Gasteiger partial charge on any atom is -0.467 e. The number of hydrogen-bond acceptors (Lipinski definition) is 5. The lowest BCUT2D eigenvalue weighted by Gasteiger charge is -2.23. The van der Waals surface area contributed by atoms with Crippen molar-refractivity contribution in [1.29, 1.82) is 0 Å². The molecule has 9 heteroatoms. The summed E-state index contributed by atoms with van der Waals surface area (Å²) in [5, 5.41) is 3.97. The number of rotatable bonds is 9. The Kier molecular flexibility index (Phi) is 8.30. The molecule has 1 N–H and O–H groups in total. The lowest BCUT2D eigenvalue weighted by Crippen LogP contribution is -2.28. The zero-order chi connectivity index (χ0) is 23.2. The maximum absolute atomic E-state index is 12.5. The molecule has 1 aliphatic rings. The van der Waals surface area contributed by atoms with Crippen LogP contribution in [0.15, 0.2) is 65.3 Å². The summed E-state index contributed by atoms with van der Waals surface area (Å²) in [5.74, 6) is 2.75. The van der Waals surface area contributed by atoms with Crippen molar-refractivity contribution in [3.63, 3.8) is 0 Å². The van der Waals surface area contributed by atoms with E-state index >= 15 is 0 Å². The number of furan rings is 1. The molecule has 3 aromatic rings. The number of thioether (sulfide) groups is 2. The van der Waals surface area contributed by atoms with E-state index in [0.717, 1.165) is 28.4 Å². The fourth-order valence-electron chi connectivity index (χ4n) is 3.43. The third-order valence-corrected chi connectivity index (χ3v) is 8.14. The second-order valence-electron chi connectivity index (χ2n) is 7.44. The number of amides is 2. The second-order valence-corrected chi connectivity index (χ2v) is 10.4. The highest BCUT2D eigenvalue weighted by Gasteiger charge is 2.33. The van der Waals surface area contributed by atoms with E-state index in [-0.39, 0.29) is 17.2 Å². The van der Waals surface area contributed by atoms with Crippen LogP contribution < -0.4 is 5.32 Å². The Morgan fingerprint density at radius 2 is 1.97 bits per heavy atom. The monoisotopic (exact) mass is 520 g/mol. The Balaban J connectivity index is 1.25. The van der Waals surface area contributed by atoms with Crippen molar-refractivity contribution in [3.8, 4) is 0 Å². The van der Waals surface area contributed by atoms with E-state index in [9.17, 15) is 9.59 Å². The van der Waals surface area contributed by atoms with Crippen molar-refractivity contribution in [1.82, 2.24) is 10.2 Å². The number of halogens is 2. The van der Waals surface area contributed by atoms with Gasteiger partial charge in [0.2, 0.25) is 5.91 Å². The van der Waals surface area contributed by atoms with Gasteiger partial charge in [-0.25, -0.2) is 0 Å². The molecule has 172 valence electrons. The van der Waals surface area contributed by atoms with E-state index in [2.05, 4.69) is 5.32 Å². The first-order chi connectivity index (χ1) is 16.0. The minimum atomic E-state index is -0.112. The Labute approximate surface area is 211 Å². The van der Waals surface area contributed by atoms with Gasteiger partial charge in [0.15, 0.2) is 0 Å². The summed E-state index contributed by atoms with van der Waals surface area (Å²) >= 11 is 15.3. The first-order valence-electron chi connectivity index (χ1n) is 10.3. The number of carbonyl (C=O) groups excluding carboxylic acids is 2. The summed E-state index contributed by atoms with van der Waals surface area (Å²) in [6.45, 7) is 1.00. The molecule has 1 fully saturated rings. The maximum Gasteiger partial charge on any atom is 0.251 e. The average Bonchev–Trinajstić information content (AvgIpc) is 3.46. The third kappa shape index (κ3) is 6.29. The molecule has 1 atom stereocenters. The first-order valence-corrected chi connectivity index (χ1v) is 13.3. The van der Waals surface area contributed by atoms with Gasteiger partial charge in [-0.05, 0) is 47.5 Å². The number of carbonyl (C=O) groups is 2. The molecule has 0 unspecified atom stereocenters. The van der Waals surface area contributed by atoms with Gasteiger partial charge in [-0.15, -0.1) is 11.8 Å². The fraction of sp³-hybridized carbons (Fsp3) is 0.250. The van der Waals surface area contributed by atoms with Crippen LogP contribution in [0.4, 0.5) is 0 Å². The largest absolute Gasteiger partial charge is 0.467 e. The molecule has 1 aliphatic heterocycles. The Morgan fingerprint density at radius 1 is 1.15 bits per heavy atom. The van der Waals surface area contributed by atoms with Crippen molar-refractivity contribution < 1.29 is 14.0 Å². The van der Waals surface area contributed by atoms with E-state index in [4.69, 9.17) is 27.6 Å². The predicted octanol–water partition coefficient (Wildman–Crippen LogP) is 6.02. The van der Waals surface area contributed by atoms with E-state index in [1.807, 2.05) is 53.4 Å². The highest BCUT2D eigenvalue weighted by atomic mass is 35.5. The quantitative estimate of drug-likeness (QED) is 0.349. The van der Waals surface area contributed by atoms with E-state index < -0.39 is 0 Å². The molecule has 0 radical (unpaired) electrons. The molecular formula is C24H22Cl2N2O3S2. The van der Waals surface area contributed by atoms with Gasteiger partial charge < -0.3 is 14.6 Å². The summed E-state index contributed by atoms with van der Waals surface area (Å²) in [6.07, 6.45) is 1.61. The van der Waals surface area contributed by atoms with Crippen LogP contribution in [0, 0.1) is 0 Å². The third-order valence-electron chi connectivity index (χ3n) is 5.12. The molecule has 1 saturated heterocycles. The molecule has 4 rings (SSSR count). The molecule has 0 saturated carbocycles. The summed E-state index contributed by atoms with van der Waals surface area (Å²) in [7, 11) is 0. The maximum atomic E-state index is 12.5. The van der Waals surface area contributed by atoms with Crippen LogP contribution in [-0.2, 0) is 17.1 Å². The molecule has 2 aromatic carbocycles. The first kappa shape index (κ1) is 24.1. The van der Waals surface area contributed by atoms with Gasteiger partial charge >= 0.3 is 0 Å². The Morgan fingerprint density at radius 3 is 2.70 bits per heavy atom. The van der Waals surface area contributed by atoms with Crippen LogP contribution >= 0.6 is 46.7 Å². The Hall–Kier alpha value is -2.06. The highest BCUT2D eigenvalue weighted by Crippen LogP contribution is 2.39. The molecule has 0 spiro atoms. The van der Waals surface area contributed by atoms with Crippen molar-refractivity contribution in [2.75, 3.05) is 18.1 Å². The molecule has 2 heterocycles. The molecular weight excluding hydrogens is 499 g/mol. The van der Waals surface area contributed by atoms with E-state index in [1.165, 1.54) is 0 Å². The van der Waals surface area contributed by atoms with Gasteiger partial charge in [0.05, 0.1) is 28.6 Å². The molecule has 33 heavy (non-hydrogen) atoms. The lowest BCUT2D eigenvalue weighted by molar-refractivity contribution is -0.128. The van der Waals surface area contributed by atoms with Crippen LogP contribution in [0.5, 0.6) is 0 Å². The number of nitrogens with one attached hydrogen (secondary N) is 1. The number of benzene rings is 2. The highest BCUT2D eigenvalue weighted by molar-refractivity contribution is 8.00. The topological polar surface area (TPSA) is 62.6 Å². The number of hydrogen-bond donors (Lipinski definition) is 1. The standard InChI is InChI=1S/C24H22Cl2N2O3S2/c25-20-8-3-16(12-21(20)26)14-32-11-9-27-23(30)17-4-6-18(7-5-17)24-28(22(29)15-33-24)13-19-2-1-10-31-19/h1-8,10,12,24H,9,11,13-15H2,(H,27,30)/t24-/m0/s1.